The summed E-state index contributed by atoms with van der Waals surface area (Å²) in [4.78, 5) is 2.54. The van der Waals surface area contributed by atoms with Crippen molar-refractivity contribution in [2.75, 3.05) is 13.1 Å². The van der Waals surface area contributed by atoms with E-state index in [4.69, 9.17) is 0 Å². The first-order valence-electron chi connectivity index (χ1n) is 9.61. The van der Waals surface area contributed by atoms with Crippen LogP contribution in [-0.2, 0) is 6.42 Å². The zero-order chi connectivity index (χ0) is 17.1. The largest absolute Gasteiger partial charge is 0.388 e. The van der Waals surface area contributed by atoms with Crippen LogP contribution < -0.4 is 0 Å². The lowest BCUT2D eigenvalue weighted by Gasteiger charge is -2.43. The molecule has 0 bridgehead atoms. The van der Waals surface area contributed by atoms with Gasteiger partial charge in [-0.3, -0.25) is 4.90 Å². The zero-order valence-corrected chi connectivity index (χ0v) is 15.7. The number of benzene rings is 1. The van der Waals surface area contributed by atoms with Crippen LogP contribution in [-0.4, -0.2) is 34.7 Å². The first kappa shape index (κ1) is 20.2. The highest BCUT2D eigenvalue weighted by Crippen LogP contribution is 2.30. The van der Waals surface area contributed by atoms with Crippen LogP contribution in [0.2, 0.25) is 0 Å². The van der Waals surface area contributed by atoms with Gasteiger partial charge in [-0.05, 0) is 50.8 Å². The van der Waals surface area contributed by atoms with Gasteiger partial charge < -0.3 is 5.11 Å². The van der Waals surface area contributed by atoms with Gasteiger partial charge in [-0.25, -0.2) is 0 Å². The van der Waals surface area contributed by atoms with Crippen LogP contribution in [0.25, 0.3) is 0 Å². The minimum atomic E-state index is -0.580. The molecule has 0 amide bonds. The van der Waals surface area contributed by atoms with Gasteiger partial charge >= 0.3 is 0 Å². The quantitative estimate of drug-likeness (QED) is 0.582. The number of rotatable bonds is 12. The van der Waals surface area contributed by atoms with E-state index in [0.717, 1.165) is 58.0 Å². The highest BCUT2D eigenvalue weighted by Gasteiger charge is 2.38. The summed E-state index contributed by atoms with van der Waals surface area (Å²) in [6.45, 7) is 11.0. The fraction of sp³-hybridized carbons (Fsp3) is 0.714. The predicted octanol–water partition coefficient (Wildman–Crippen LogP) is 5.05. The second-order valence-electron chi connectivity index (χ2n) is 6.85. The van der Waals surface area contributed by atoms with Crippen molar-refractivity contribution in [3.05, 3.63) is 35.9 Å². The molecule has 1 aromatic rings. The Kier molecular flexibility index (Phi) is 9.50. The lowest BCUT2D eigenvalue weighted by molar-refractivity contribution is -0.0614. The smallest absolute Gasteiger partial charge is 0.0805 e. The lowest BCUT2D eigenvalue weighted by atomic mass is 9.81. The second-order valence-corrected chi connectivity index (χ2v) is 6.85. The topological polar surface area (TPSA) is 23.5 Å². The molecule has 1 N–H and O–H groups in total. The molecule has 1 rings (SSSR count). The van der Waals surface area contributed by atoms with Gasteiger partial charge in [0.1, 0.15) is 0 Å². The first-order chi connectivity index (χ1) is 11.1. The summed E-state index contributed by atoms with van der Waals surface area (Å²) in [5.41, 5.74) is 0.754. The Morgan fingerprint density at radius 1 is 0.870 bits per heavy atom. The van der Waals surface area contributed by atoms with Gasteiger partial charge in [-0.2, -0.15) is 0 Å². The molecule has 1 aromatic carbocycles. The maximum Gasteiger partial charge on any atom is 0.0805 e. The maximum absolute atomic E-state index is 11.5. The van der Waals surface area contributed by atoms with Gasteiger partial charge in [0.15, 0.2) is 0 Å². The highest BCUT2D eigenvalue weighted by molar-refractivity contribution is 5.17. The molecule has 0 fully saturated rings. The molecule has 0 saturated carbocycles. The van der Waals surface area contributed by atoms with Crippen molar-refractivity contribution >= 4 is 0 Å². The van der Waals surface area contributed by atoms with Crippen molar-refractivity contribution in [1.29, 1.82) is 0 Å². The van der Waals surface area contributed by atoms with E-state index in [1.807, 2.05) is 0 Å². The molecule has 2 heteroatoms. The van der Waals surface area contributed by atoms with E-state index in [0.29, 0.717) is 0 Å². The summed E-state index contributed by atoms with van der Waals surface area (Å²) in [5, 5.41) is 11.5. The van der Waals surface area contributed by atoms with E-state index >= 15 is 0 Å². The Hall–Kier alpha value is -0.860. The Labute approximate surface area is 143 Å². The molecule has 0 unspecified atom stereocenters. The van der Waals surface area contributed by atoms with Gasteiger partial charge in [0.25, 0.3) is 0 Å². The van der Waals surface area contributed by atoms with Gasteiger partial charge in [-0.15, -0.1) is 0 Å². The SMILES string of the molecule is CCCN(CCC)[C@@H](Cc1ccccc1)C(O)(CCC)CCC. The number of hydrogen-bond donors (Lipinski definition) is 1. The number of aliphatic hydroxyl groups is 1. The summed E-state index contributed by atoms with van der Waals surface area (Å²) >= 11 is 0. The molecular formula is C21H37NO. The van der Waals surface area contributed by atoms with Crippen molar-refractivity contribution in [2.24, 2.45) is 0 Å². The van der Waals surface area contributed by atoms with Gasteiger partial charge in [0.05, 0.1) is 5.60 Å². The maximum atomic E-state index is 11.5. The summed E-state index contributed by atoms with van der Waals surface area (Å²) < 4.78 is 0. The molecular weight excluding hydrogens is 282 g/mol. The van der Waals surface area contributed by atoms with E-state index in [1.54, 1.807) is 0 Å². The average Bonchev–Trinajstić information content (AvgIpc) is 2.54. The summed E-state index contributed by atoms with van der Waals surface area (Å²) in [5.74, 6) is 0. The first-order valence-corrected chi connectivity index (χ1v) is 9.61. The van der Waals surface area contributed by atoms with E-state index in [-0.39, 0.29) is 6.04 Å². The molecule has 0 heterocycles. The van der Waals surface area contributed by atoms with Crippen molar-refractivity contribution in [3.63, 3.8) is 0 Å². The van der Waals surface area contributed by atoms with Gasteiger partial charge in [-0.1, -0.05) is 70.9 Å². The summed E-state index contributed by atoms with van der Waals surface area (Å²) in [7, 11) is 0. The highest BCUT2D eigenvalue weighted by atomic mass is 16.3. The summed E-state index contributed by atoms with van der Waals surface area (Å²) in [6, 6.07) is 10.9. The van der Waals surface area contributed by atoms with Crippen molar-refractivity contribution in [1.82, 2.24) is 4.90 Å². The van der Waals surface area contributed by atoms with Crippen LogP contribution in [0.15, 0.2) is 30.3 Å². The molecule has 0 saturated heterocycles. The molecule has 132 valence electrons. The van der Waals surface area contributed by atoms with Gasteiger partial charge in [0.2, 0.25) is 0 Å². The third-order valence-electron chi connectivity index (χ3n) is 4.72. The van der Waals surface area contributed by atoms with E-state index in [2.05, 4.69) is 62.9 Å². The molecule has 1 atom stereocenters. The molecule has 0 radical (unpaired) electrons. The molecule has 0 aliphatic heterocycles. The Balaban J connectivity index is 3.10. The third kappa shape index (κ3) is 6.27. The second kappa shape index (κ2) is 10.8. The lowest BCUT2D eigenvalue weighted by Crippen LogP contribution is -2.54. The molecule has 23 heavy (non-hydrogen) atoms. The number of hydrogen-bond acceptors (Lipinski definition) is 2. The van der Waals surface area contributed by atoms with Crippen LogP contribution in [0.3, 0.4) is 0 Å². The fourth-order valence-electron chi connectivity index (χ4n) is 3.82. The Bertz CT molecular complexity index is 392. The van der Waals surface area contributed by atoms with Crippen molar-refractivity contribution in [3.8, 4) is 0 Å². The zero-order valence-electron chi connectivity index (χ0n) is 15.7. The van der Waals surface area contributed by atoms with Crippen molar-refractivity contribution < 1.29 is 5.11 Å². The van der Waals surface area contributed by atoms with E-state index < -0.39 is 5.60 Å². The van der Waals surface area contributed by atoms with Crippen LogP contribution in [0.5, 0.6) is 0 Å². The van der Waals surface area contributed by atoms with E-state index in [1.165, 1.54) is 5.56 Å². The Morgan fingerprint density at radius 2 is 1.39 bits per heavy atom. The number of nitrogens with zero attached hydrogens (tertiary/aromatic N) is 1. The fourth-order valence-corrected chi connectivity index (χ4v) is 3.82. The molecule has 0 spiro atoms. The minimum Gasteiger partial charge on any atom is -0.388 e. The normalized spacial score (nSPS) is 13.5. The van der Waals surface area contributed by atoms with Crippen molar-refractivity contribution in [2.45, 2.75) is 84.3 Å². The van der Waals surface area contributed by atoms with Crippen LogP contribution in [0, 0.1) is 0 Å². The standard InChI is InChI=1S/C21H37NO/c1-5-14-21(23,15-6-2)20(22(16-7-3)17-8-4)18-19-12-10-9-11-13-19/h9-13,20,23H,5-8,14-18H2,1-4H3/t20-/m0/s1. The molecule has 0 aliphatic carbocycles. The van der Waals surface area contributed by atoms with E-state index in [9.17, 15) is 5.11 Å². The van der Waals surface area contributed by atoms with Crippen LogP contribution >= 0.6 is 0 Å². The average molecular weight is 320 g/mol. The van der Waals surface area contributed by atoms with Gasteiger partial charge in [0, 0.05) is 6.04 Å². The summed E-state index contributed by atoms with van der Waals surface area (Å²) in [6.07, 6.45) is 7.07. The van der Waals surface area contributed by atoms with Crippen LogP contribution in [0.4, 0.5) is 0 Å². The molecule has 0 aliphatic rings. The molecule has 0 aromatic heterocycles. The Morgan fingerprint density at radius 3 is 1.83 bits per heavy atom. The minimum absolute atomic E-state index is 0.213. The third-order valence-corrected chi connectivity index (χ3v) is 4.72. The molecule has 2 nitrogen and oxygen atoms in total. The monoisotopic (exact) mass is 319 g/mol. The van der Waals surface area contributed by atoms with Crippen LogP contribution in [0.1, 0.15) is 71.8 Å². The predicted molar refractivity (Wildman–Crippen MR) is 101 cm³/mol.